The molecule has 1 aromatic heterocycles. The maximum absolute atomic E-state index is 14.0. The van der Waals surface area contributed by atoms with E-state index >= 15 is 0 Å². The van der Waals surface area contributed by atoms with Gasteiger partial charge in [-0.15, -0.1) is 0 Å². The van der Waals surface area contributed by atoms with Gasteiger partial charge in [-0.05, 0) is 68.4 Å². The van der Waals surface area contributed by atoms with Crippen LogP contribution in [0.25, 0.3) is 11.0 Å². The molecule has 5 rings (SSSR count). The van der Waals surface area contributed by atoms with Gasteiger partial charge in [-0.3, -0.25) is 18.8 Å². The number of hydrogen-bond donors (Lipinski definition) is 1. The van der Waals surface area contributed by atoms with Crippen LogP contribution in [0.4, 0.5) is 4.39 Å². The average molecular weight is 437 g/mol. The molecule has 2 aliphatic rings. The predicted octanol–water partition coefficient (Wildman–Crippen LogP) is 3.70. The summed E-state index contributed by atoms with van der Waals surface area (Å²) in [4.78, 5) is 27.8. The monoisotopic (exact) mass is 436 g/mol. The lowest BCUT2D eigenvalue weighted by molar-refractivity contribution is -0.120. The zero-order valence-corrected chi connectivity index (χ0v) is 18.3. The van der Waals surface area contributed by atoms with Crippen molar-refractivity contribution in [1.82, 2.24) is 14.0 Å². The van der Waals surface area contributed by atoms with Gasteiger partial charge in [0, 0.05) is 25.2 Å². The number of amides is 1. The van der Waals surface area contributed by atoms with Crippen LogP contribution in [0.2, 0.25) is 0 Å². The summed E-state index contributed by atoms with van der Waals surface area (Å²) in [5.41, 5.74) is 9.16. The maximum Gasteiger partial charge on any atom is 0.330 e. The van der Waals surface area contributed by atoms with Crippen molar-refractivity contribution in [2.45, 2.75) is 57.2 Å². The van der Waals surface area contributed by atoms with Crippen molar-refractivity contribution in [3.8, 4) is 0 Å². The number of rotatable bonds is 4. The summed E-state index contributed by atoms with van der Waals surface area (Å²) in [7, 11) is 0. The summed E-state index contributed by atoms with van der Waals surface area (Å²) in [6.07, 6.45) is 5.17. The minimum absolute atomic E-state index is 0.00636. The van der Waals surface area contributed by atoms with Crippen molar-refractivity contribution in [2.24, 2.45) is 5.73 Å². The number of aryl methyl sites for hydroxylation is 1. The number of nitrogens with zero attached hydrogens (tertiary/aromatic N) is 3. The van der Waals surface area contributed by atoms with Crippen LogP contribution in [0.15, 0.2) is 47.3 Å². The summed E-state index contributed by atoms with van der Waals surface area (Å²) in [6.45, 7) is 3.38. The number of primary amides is 1. The second kappa shape index (κ2) is 8.20. The Bertz CT molecular complexity index is 1220. The Hall–Kier alpha value is -2.93. The maximum atomic E-state index is 14.0. The number of aromatic nitrogens is 2. The molecule has 0 saturated carbocycles. The van der Waals surface area contributed by atoms with Crippen LogP contribution >= 0.6 is 0 Å². The summed E-state index contributed by atoms with van der Waals surface area (Å²) in [5, 5.41) is 0. The molecule has 1 aliphatic carbocycles. The number of carbonyl (C=O) groups is 1. The Kier molecular flexibility index (Phi) is 5.37. The summed E-state index contributed by atoms with van der Waals surface area (Å²) < 4.78 is 17.1. The van der Waals surface area contributed by atoms with Gasteiger partial charge in [-0.1, -0.05) is 24.3 Å². The van der Waals surface area contributed by atoms with Crippen molar-refractivity contribution in [3.63, 3.8) is 0 Å². The largest absolute Gasteiger partial charge is 0.368 e. The number of benzene rings is 2. The van der Waals surface area contributed by atoms with Crippen LogP contribution in [-0.4, -0.2) is 33.0 Å². The van der Waals surface area contributed by atoms with Crippen LogP contribution < -0.4 is 11.4 Å². The molecule has 1 aliphatic heterocycles. The fraction of sp³-hybridized carbons (Fsp3) is 0.440. The Labute approximate surface area is 186 Å². The molecule has 6 nitrogen and oxygen atoms in total. The molecule has 2 unspecified atom stereocenters. The summed E-state index contributed by atoms with van der Waals surface area (Å²) in [6, 6.07) is 12.7. The smallest absolute Gasteiger partial charge is 0.330 e. The van der Waals surface area contributed by atoms with E-state index in [-0.39, 0.29) is 11.7 Å². The molecule has 2 N–H and O–H groups in total. The highest BCUT2D eigenvalue weighted by atomic mass is 19.1. The number of likely N-dealkylation sites (tertiary alicyclic amines) is 1. The number of hydrogen-bond acceptors (Lipinski definition) is 3. The number of fused-ring (bicyclic) bond motifs is 2. The Morgan fingerprint density at radius 3 is 2.59 bits per heavy atom. The fourth-order valence-corrected chi connectivity index (χ4v) is 5.63. The Morgan fingerprint density at radius 2 is 1.84 bits per heavy atom. The second-order valence-corrected chi connectivity index (χ2v) is 9.11. The SMILES string of the molecule is CC(C(N)=O)n1c(=O)n(C2CCN(C3CCCc4ccccc43)CC2)c2ccc(F)cc21. The normalized spacial score (nSPS) is 20.9. The molecule has 0 spiro atoms. The standard InChI is InChI=1S/C25H29FN4O2/c1-16(24(27)31)29-23-15-18(26)9-10-22(23)30(25(29)32)19-11-13-28(14-12-19)21-8-4-6-17-5-2-3-7-20(17)21/h2-3,5,7,9-10,15-16,19,21H,4,6,8,11-14H2,1H3,(H2,27,31). The van der Waals surface area contributed by atoms with E-state index in [1.165, 1.54) is 34.2 Å². The molecule has 1 fully saturated rings. The van der Waals surface area contributed by atoms with Crippen molar-refractivity contribution < 1.29 is 9.18 Å². The van der Waals surface area contributed by atoms with Gasteiger partial charge in [0.15, 0.2) is 0 Å². The minimum atomic E-state index is -0.841. The zero-order valence-electron chi connectivity index (χ0n) is 18.3. The first-order valence-electron chi connectivity index (χ1n) is 11.5. The third kappa shape index (κ3) is 3.45. The van der Waals surface area contributed by atoms with Crippen LogP contribution in [0, 0.1) is 5.82 Å². The highest BCUT2D eigenvalue weighted by Gasteiger charge is 2.32. The van der Waals surface area contributed by atoms with E-state index in [4.69, 9.17) is 5.73 Å². The number of imidazole rings is 1. The molecular formula is C25H29FN4O2. The topological polar surface area (TPSA) is 73.3 Å². The van der Waals surface area contributed by atoms with Crippen LogP contribution in [-0.2, 0) is 11.2 Å². The Morgan fingerprint density at radius 1 is 1.09 bits per heavy atom. The van der Waals surface area contributed by atoms with Gasteiger partial charge in [0.2, 0.25) is 5.91 Å². The lowest BCUT2D eigenvalue weighted by Gasteiger charge is -2.40. The molecule has 3 aromatic rings. The van der Waals surface area contributed by atoms with Gasteiger partial charge in [0.1, 0.15) is 11.9 Å². The van der Waals surface area contributed by atoms with E-state index in [9.17, 15) is 14.0 Å². The summed E-state index contributed by atoms with van der Waals surface area (Å²) in [5.74, 6) is -1.05. The van der Waals surface area contributed by atoms with E-state index in [0.29, 0.717) is 17.1 Å². The molecule has 0 radical (unpaired) electrons. The Balaban J connectivity index is 1.44. The van der Waals surface area contributed by atoms with Gasteiger partial charge < -0.3 is 5.73 Å². The van der Waals surface area contributed by atoms with Gasteiger partial charge in [-0.2, -0.15) is 0 Å². The number of halogens is 1. The molecule has 0 bridgehead atoms. The number of piperidine rings is 1. The van der Waals surface area contributed by atoms with Gasteiger partial charge >= 0.3 is 5.69 Å². The number of nitrogens with two attached hydrogens (primary N) is 1. The van der Waals surface area contributed by atoms with Crippen LogP contribution in [0.1, 0.15) is 61.9 Å². The van der Waals surface area contributed by atoms with Gasteiger partial charge in [-0.25, -0.2) is 9.18 Å². The molecular weight excluding hydrogens is 407 g/mol. The van der Waals surface area contributed by atoms with Crippen LogP contribution in [0.3, 0.4) is 0 Å². The predicted molar refractivity (Wildman–Crippen MR) is 122 cm³/mol. The second-order valence-electron chi connectivity index (χ2n) is 9.11. The lowest BCUT2D eigenvalue weighted by Crippen LogP contribution is -2.41. The average Bonchev–Trinajstić information content (AvgIpc) is 3.09. The quantitative estimate of drug-likeness (QED) is 0.678. The highest BCUT2D eigenvalue weighted by molar-refractivity contribution is 5.82. The van der Waals surface area contributed by atoms with E-state index in [1.807, 2.05) is 0 Å². The van der Waals surface area contributed by atoms with E-state index in [1.54, 1.807) is 17.6 Å². The van der Waals surface area contributed by atoms with E-state index in [2.05, 4.69) is 29.2 Å². The van der Waals surface area contributed by atoms with Crippen molar-refractivity contribution >= 4 is 16.9 Å². The highest BCUT2D eigenvalue weighted by Crippen LogP contribution is 2.37. The van der Waals surface area contributed by atoms with Gasteiger partial charge in [0.25, 0.3) is 0 Å². The number of carbonyl (C=O) groups excluding carboxylic acids is 1. The van der Waals surface area contributed by atoms with Gasteiger partial charge in [0.05, 0.1) is 11.0 Å². The van der Waals surface area contributed by atoms with E-state index < -0.39 is 17.8 Å². The van der Waals surface area contributed by atoms with Crippen molar-refractivity contribution in [1.29, 1.82) is 0 Å². The third-order valence-corrected chi connectivity index (χ3v) is 7.31. The van der Waals surface area contributed by atoms with Crippen LogP contribution in [0.5, 0.6) is 0 Å². The van der Waals surface area contributed by atoms with E-state index in [0.717, 1.165) is 38.8 Å². The first-order chi connectivity index (χ1) is 15.5. The molecule has 32 heavy (non-hydrogen) atoms. The first-order valence-corrected chi connectivity index (χ1v) is 11.5. The molecule has 2 heterocycles. The lowest BCUT2D eigenvalue weighted by atomic mass is 9.86. The zero-order chi connectivity index (χ0) is 22.4. The minimum Gasteiger partial charge on any atom is -0.368 e. The molecule has 7 heteroatoms. The molecule has 1 amide bonds. The van der Waals surface area contributed by atoms with Crippen molar-refractivity contribution in [2.75, 3.05) is 13.1 Å². The summed E-state index contributed by atoms with van der Waals surface area (Å²) >= 11 is 0. The molecule has 2 atom stereocenters. The molecule has 1 saturated heterocycles. The van der Waals surface area contributed by atoms with Crippen molar-refractivity contribution in [3.05, 3.63) is 69.9 Å². The fourth-order valence-electron chi connectivity index (χ4n) is 5.63. The molecule has 168 valence electrons. The third-order valence-electron chi connectivity index (χ3n) is 7.31. The first kappa shape index (κ1) is 20.9. The molecule has 2 aromatic carbocycles.